The number of carbonyl (C=O) groups excluding carboxylic acids is 1. The lowest BCUT2D eigenvalue weighted by atomic mass is 10.1. The average molecular weight is 303 g/mol. The van der Waals surface area contributed by atoms with Crippen LogP contribution >= 0.6 is 11.6 Å². The van der Waals surface area contributed by atoms with Crippen LogP contribution in [-0.2, 0) is 13.0 Å². The smallest absolute Gasteiger partial charge is 0.254 e. The number of hydrogen-bond donors (Lipinski definition) is 1. The zero-order chi connectivity index (χ0) is 15.4. The van der Waals surface area contributed by atoms with Gasteiger partial charge in [0.15, 0.2) is 0 Å². The van der Waals surface area contributed by atoms with E-state index >= 15 is 0 Å². The maximum absolute atomic E-state index is 12.4. The average Bonchev–Trinajstić information content (AvgIpc) is 2.46. The van der Waals surface area contributed by atoms with Gasteiger partial charge in [-0.2, -0.15) is 0 Å². The van der Waals surface area contributed by atoms with Gasteiger partial charge in [0.1, 0.15) is 0 Å². The largest absolute Gasteiger partial charge is 0.399 e. The molecule has 0 heterocycles. The molecule has 0 fully saturated rings. The van der Waals surface area contributed by atoms with E-state index < -0.39 is 0 Å². The molecule has 3 nitrogen and oxygen atoms in total. The van der Waals surface area contributed by atoms with Gasteiger partial charge in [-0.1, -0.05) is 42.8 Å². The minimum Gasteiger partial charge on any atom is -0.399 e. The lowest BCUT2D eigenvalue weighted by molar-refractivity contribution is 0.0785. The Morgan fingerprint density at radius 3 is 2.33 bits per heavy atom. The zero-order valence-corrected chi connectivity index (χ0v) is 13.0. The van der Waals surface area contributed by atoms with Crippen molar-refractivity contribution >= 4 is 23.2 Å². The van der Waals surface area contributed by atoms with E-state index in [-0.39, 0.29) is 5.91 Å². The van der Waals surface area contributed by atoms with Crippen LogP contribution in [0.3, 0.4) is 0 Å². The van der Waals surface area contributed by atoms with Crippen molar-refractivity contribution in [2.45, 2.75) is 19.9 Å². The zero-order valence-electron chi connectivity index (χ0n) is 12.3. The van der Waals surface area contributed by atoms with Gasteiger partial charge in [-0.15, -0.1) is 0 Å². The summed E-state index contributed by atoms with van der Waals surface area (Å²) in [5.74, 6) is -0.0937. The molecule has 110 valence electrons. The summed E-state index contributed by atoms with van der Waals surface area (Å²) in [6, 6.07) is 13.2. The Morgan fingerprint density at radius 2 is 1.76 bits per heavy atom. The van der Waals surface area contributed by atoms with Crippen LogP contribution in [0, 0.1) is 0 Å². The normalized spacial score (nSPS) is 10.4. The van der Waals surface area contributed by atoms with E-state index in [2.05, 4.69) is 31.2 Å². The van der Waals surface area contributed by atoms with Gasteiger partial charge in [-0.25, -0.2) is 0 Å². The Hall–Kier alpha value is -2.00. The SMILES string of the molecule is CCc1ccc(CN(C)C(=O)c2cc(N)cc(Cl)c2)cc1. The number of aryl methyl sites for hydroxylation is 1. The number of benzene rings is 2. The van der Waals surface area contributed by atoms with Crippen molar-refractivity contribution in [3.05, 3.63) is 64.2 Å². The molecular formula is C17H19ClN2O. The molecular weight excluding hydrogens is 284 g/mol. The van der Waals surface area contributed by atoms with Gasteiger partial charge < -0.3 is 10.6 Å². The van der Waals surface area contributed by atoms with Crippen LogP contribution in [0.25, 0.3) is 0 Å². The number of hydrogen-bond acceptors (Lipinski definition) is 2. The van der Waals surface area contributed by atoms with Crippen LogP contribution in [0.5, 0.6) is 0 Å². The first kappa shape index (κ1) is 15.4. The molecule has 2 N–H and O–H groups in total. The minimum absolute atomic E-state index is 0.0937. The number of nitrogen functional groups attached to an aromatic ring is 1. The van der Waals surface area contributed by atoms with Crippen molar-refractivity contribution in [2.75, 3.05) is 12.8 Å². The number of carbonyl (C=O) groups is 1. The van der Waals surface area contributed by atoms with Gasteiger partial charge in [-0.3, -0.25) is 4.79 Å². The molecule has 0 radical (unpaired) electrons. The molecule has 0 atom stereocenters. The van der Waals surface area contributed by atoms with Crippen molar-refractivity contribution in [3.63, 3.8) is 0 Å². The minimum atomic E-state index is -0.0937. The highest BCUT2D eigenvalue weighted by atomic mass is 35.5. The fourth-order valence-electron chi connectivity index (χ4n) is 2.18. The lowest BCUT2D eigenvalue weighted by Crippen LogP contribution is -2.26. The monoisotopic (exact) mass is 302 g/mol. The molecule has 0 spiro atoms. The van der Waals surface area contributed by atoms with Crippen molar-refractivity contribution in [1.82, 2.24) is 4.90 Å². The van der Waals surface area contributed by atoms with E-state index in [1.54, 1.807) is 30.1 Å². The highest BCUT2D eigenvalue weighted by molar-refractivity contribution is 6.31. The number of nitrogens with two attached hydrogens (primary N) is 1. The second-order valence-electron chi connectivity index (χ2n) is 5.10. The standard InChI is InChI=1S/C17H19ClN2O/c1-3-12-4-6-13(7-5-12)11-20(2)17(21)14-8-15(18)10-16(19)9-14/h4-10H,3,11,19H2,1-2H3. The molecule has 0 unspecified atom stereocenters. The Labute approximate surface area is 130 Å². The quantitative estimate of drug-likeness (QED) is 0.874. The summed E-state index contributed by atoms with van der Waals surface area (Å²) in [7, 11) is 1.77. The third-order valence-electron chi connectivity index (χ3n) is 3.36. The second kappa shape index (κ2) is 6.64. The maximum Gasteiger partial charge on any atom is 0.254 e. The Bertz CT molecular complexity index is 617. The first-order valence-corrected chi connectivity index (χ1v) is 7.26. The summed E-state index contributed by atoms with van der Waals surface area (Å²) in [6.07, 6.45) is 1.01. The molecule has 0 aliphatic heterocycles. The summed E-state index contributed by atoms with van der Waals surface area (Å²) >= 11 is 5.94. The van der Waals surface area contributed by atoms with Crippen molar-refractivity contribution < 1.29 is 4.79 Å². The van der Waals surface area contributed by atoms with Crippen molar-refractivity contribution in [3.8, 4) is 0 Å². The maximum atomic E-state index is 12.4. The molecule has 0 aliphatic rings. The van der Waals surface area contributed by atoms with Gasteiger partial charge in [0.25, 0.3) is 5.91 Å². The van der Waals surface area contributed by atoms with Crippen LogP contribution in [-0.4, -0.2) is 17.9 Å². The fourth-order valence-corrected chi connectivity index (χ4v) is 2.43. The third-order valence-corrected chi connectivity index (χ3v) is 3.58. The molecule has 0 aromatic heterocycles. The van der Waals surface area contributed by atoms with Crippen LogP contribution in [0.1, 0.15) is 28.4 Å². The molecule has 0 saturated carbocycles. The van der Waals surface area contributed by atoms with Crippen molar-refractivity contribution in [2.24, 2.45) is 0 Å². The molecule has 2 aromatic carbocycles. The molecule has 2 aromatic rings. The van der Waals surface area contributed by atoms with E-state index in [9.17, 15) is 4.79 Å². The van der Waals surface area contributed by atoms with Crippen LogP contribution in [0.4, 0.5) is 5.69 Å². The molecule has 2 rings (SSSR count). The molecule has 21 heavy (non-hydrogen) atoms. The van der Waals surface area contributed by atoms with Crippen LogP contribution < -0.4 is 5.73 Å². The first-order chi connectivity index (χ1) is 9.99. The van der Waals surface area contributed by atoms with Gasteiger partial charge in [0.2, 0.25) is 0 Å². The first-order valence-electron chi connectivity index (χ1n) is 6.89. The number of anilines is 1. The fraction of sp³-hybridized carbons (Fsp3) is 0.235. The third kappa shape index (κ3) is 3.99. The number of halogens is 1. The molecule has 4 heteroatoms. The summed E-state index contributed by atoms with van der Waals surface area (Å²) in [5, 5.41) is 0.471. The van der Waals surface area contributed by atoms with Gasteiger partial charge in [-0.05, 0) is 35.7 Å². The number of rotatable bonds is 4. The van der Waals surface area contributed by atoms with Gasteiger partial charge >= 0.3 is 0 Å². The summed E-state index contributed by atoms with van der Waals surface area (Å²) < 4.78 is 0. The summed E-state index contributed by atoms with van der Waals surface area (Å²) in [5.41, 5.74) is 9.11. The van der Waals surface area contributed by atoms with Crippen LogP contribution in [0.15, 0.2) is 42.5 Å². The van der Waals surface area contributed by atoms with Crippen LogP contribution in [0.2, 0.25) is 5.02 Å². The second-order valence-corrected chi connectivity index (χ2v) is 5.54. The molecule has 0 saturated heterocycles. The van der Waals surface area contributed by atoms with Gasteiger partial charge in [0.05, 0.1) is 0 Å². The van der Waals surface area contributed by atoms with E-state index in [4.69, 9.17) is 17.3 Å². The topological polar surface area (TPSA) is 46.3 Å². The molecule has 1 amide bonds. The van der Waals surface area contributed by atoms with E-state index in [1.165, 1.54) is 5.56 Å². The van der Waals surface area contributed by atoms with Gasteiger partial charge in [0, 0.05) is 29.9 Å². The number of nitrogens with zero attached hydrogens (tertiary/aromatic N) is 1. The Morgan fingerprint density at radius 1 is 1.14 bits per heavy atom. The predicted octanol–water partition coefficient (Wildman–Crippen LogP) is 3.76. The summed E-state index contributed by atoms with van der Waals surface area (Å²) in [4.78, 5) is 14.0. The molecule has 0 bridgehead atoms. The van der Waals surface area contributed by atoms with E-state index in [0.29, 0.717) is 22.8 Å². The number of amides is 1. The highest BCUT2D eigenvalue weighted by Gasteiger charge is 2.13. The summed E-state index contributed by atoms with van der Waals surface area (Å²) in [6.45, 7) is 2.67. The predicted molar refractivity (Wildman–Crippen MR) is 87.5 cm³/mol. The van der Waals surface area contributed by atoms with E-state index in [1.807, 2.05) is 0 Å². The Kier molecular flexibility index (Phi) is 4.86. The van der Waals surface area contributed by atoms with E-state index in [0.717, 1.165) is 12.0 Å². The Balaban J connectivity index is 2.11. The van der Waals surface area contributed by atoms with Crippen molar-refractivity contribution in [1.29, 1.82) is 0 Å². The molecule has 0 aliphatic carbocycles. The highest BCUT2D eigenvalue weighted by Crippen LogP contribution is 2.18. The lowest BCUT2D eigenvalue weighted by Gasteiger charge is -2.18.